The summed E-state index contributed by atoms with van der Waals surface area (Å²) in [6.07, 6.45) is 3.90. The minimum absolute atomic E-state index is 0.452. The number of halogens is 1. The first-order valence-corrected chi connectivity index (χ1v) is 5.16. The summed E-state index contributed by atoms with van der Waals surface area (Å²) < 4.78 is 25.5. The van der Waals surface area contributed by atoms with Gasteiger partial charge in [0.05, 0.1) is 0 Å². The van der Waals surface area contributed by atoms with Crippen LogP contribution in [0.4, 0.5) is 4.20 Å². The Hall–Kier alpha value is -0.710. The summed E-state index contributed by atoms with van der Waals surface area (Å²) in [5.41, 5.74) is 2.02. The van der Waals surface area contributed by atoms with Crippen molar-refractivity contribution >= 4 is 13.8 Å². The molecule has 0 aromatic rings. The first-order valence-electron chi connectivity index (χ1n) is 3.69. The van der Waals surface area contributed by atoms with Crippen LogP contribution in [0.3, 0.4) is 0 Å². The van der Waals surface area contributed by atoms with E-state index >= 15 is 0 Å². The van der Waals surface area contributed by atoms with Gasteiger partial charge in [-0.05, 0) is 19.3 Å². The SMILES string of the molecule is O=C(NOP(=O)(O)F)C1=CCCC1. The zero-order chi connectivity index (χ0) is 9.90. The lowest BCUT2D eigenvalue weighted by molar-refractivity contribution is -0.124. The summed E-state index contributed by atoms with van der Waals surface area (Å²) in [7, 11) is -5.12. The van der Waals surface area contributed by atoms with Gasteiger partial charge in [0, 0.05) is 5.57 Å². The van der Waals surface area contributed by atoms with E-state index in [1.807, 2.05) is 0 Å². The maximum absolute atomic E-state index is 11.9. The highest BCUT2D eigenvalue weighted by atomic mass is 31.2. The van der Waals surface area contributed by atoms with Crippen LogP contribution >= 0.6 is 7.91 Å². The van der Waals surface area contributed by atoms with E-state index in [1.165, 1.54) is 0 Å². The van der Waals surface area contributed by atoms with Crippen molar-refractivity contribution in [3.8, 4) is 0 Å². The van der Waals surface area contributed by atoms with Gasteiger partial charge in [-0.3, -0.25) is 9.69 Å². The minimum Gasteiger partial charge on any atom is -0.298 e. The molecule has 0 heterocycles. The van der Waals surface area contributed by atoms with Gasteiger partial charge in [0.25, 0.3) is 5.91 Å². The van der Waals surface area contributed by atoms with Gasteiger partial charge in [0.15, 0.2) is 0 Å². The van der Waals surface area contributed by atoms with E-state index in [9.17, 15) is 13.6 Å². The van der Waals surface area contributed by atoms with Gasteiger partial charge in [-0.15, -0.1) is 4.20 Å². The number of allylic oxidation sites excluding steroid dienone is 1. The fourth-order valence-electron chi connectivity index (χ4n) is 1.04. The van der Waals surface area contributed by atoms with Gasteiger partial charge in [-0.1, -0.05) is 6.08 Å². The second-order valence-corrected chi connectivity index (χ2v) is 3.68. The van der Waals surface area contributed by atoms with E-state index in [-0.39, 0.29) is 0 Å². The van der Waals surface area contributed by atoms with E-state index in [2.05, 4.69) is 4.62 Å². The molecule has 0 aromatic heterocycles. The number of hydroxylamine groups is 1. The number of amides is 1. The molecule has 13 heavy (non-hydrogen) atoms. The highest BCUT2D eigenvalue weighted by molar-refractivity contribution is 7.46. The molecule has 74 valence electrons. The van der Waals surface area contributed by atoms with Gasteiger partial charge in [-0.2, -0.15) is 4.62 Å². The molecule has 1 atom stereocenters. The van der Waals surface area contributed by atoms with Crippen molar-refractivity contribution in [2.45, 2.75) is 19.3 Å². The highest BCUT2D eigenvalue weighted by Gasteiger charge is 2.21. The molecule has 0 aromatic carbocycles. The van der Waals surface area contributed by atoms with Crippen molar-refractivity contribution in [2.24, 2.45) is 0 Å². The van der Waals surface area contributed by atoms with Gasteiger partial charge < -0.3 is 0 Å². The van der Waals surface area contributed by atoms with Crippen LogP contribution in [0.15, 0.2) is 11.6 Å². The van der Waals surface area contributed by atoms with Crippen LogP contribution in [0, 0.1) is 0 Å². The molecule has 1 aliphatic carbocycles. The van der Waals surface area contributed by atoms with Gasteiger partial charge >= 0.3 is 7.91 Å². The Morgan fingerprint density at radius 3 is 2.92 bits per heavy atom. The average molecular weight is 209 g/mol. The third kappa shape index (κ3) is 3.67. The Labute approximate surface area is 74.2 Å². The van der Waals surface area contributed by atoms with Crippen molar-refractivity contribution < 1.29 is 23.1 Å². The van der Waals surface area contributed by atoms with E-state index in [1.54, 1.807) is 11.6 Å². The Bertz CT molecular complexity index is 284. The molecule has 1 amide bonds. The van der Waals surface area contributed by atoms with E-state index in [0.717, 1.165) is 12.8 Å². The molecule has 1 unspecified atom stereocenters. The van der Waals surface area contributed by atoms with Gasteiger partial charge in [0.2, 0.25) is 0 Å². The van der Waals surface area contributed by atoms with Gasteiger partial charge in [-0.25, -0.2) is 10.0 Å². The molecule has 0 bridgehead atoms. The Morgan fingerprint density at radius 1 is 1.77 bits per heavy atom. The molecule has 1 aliphatic rings. The molecular formula is C6H9FNO4P. The number of hydrogen-bond acceptors (Lipinski definition) is 3. The van der Waals surface area contributed by atoms with Crippen molar-refractivity contribution in [2.75, 3.05) is 0 Å². The monoisotopic (exact) mass is 209 g/mol. The van der Waals surface area contributed by atoms with Crippen molar-refractivity contribution in [1.29, 1.82) is 0 Å². The maximum Gasteiger partial charge on any atom is 0.532 e. The van der Waals surface area contributed by atoms with Crippen LogP contribution in [-0.4, -0.2) is 10.8 Å². The van der Waals surface area contributed by atoms with Crippen LogP contribution in [0.25, 0.3) is 0 Å². The van der Waals surface area contributed by atoms with Crippen LogP contribution in [0.5, 0.6) is 0 Å². The Balaban J connectivity index is 2.38. The Morgan fingerprint density at radius 2 is 2.46 bits per heavy atom. The topological polar surface area (TPSA) is 75.6 Å². The lowest BCUT2D eigenvalue weighted by Gasteiger charge is -2.04. The quantitative estimate of drug-likeness (QED) is 0.541. The first-order chi connectivity index (χ1) is 5.99. The standard InChI is InChI=1S/C6H9FNO4P/c7-13(10,11)12-8-6(9)5-3-1-2-4-5/h3H,1-2,4H2,(H,8,9)(H,10,11). The molecule has 2 N–H and O–H groups in total. The van der Waals surface area contributed by atoms with Crippen LogP contribution in [0.1, 0.15) is 19.3 Å². The molecule has 1 rings (SSSR count). The molecule has 7 heteroatoms. The third-order valence-electron chi connectivity index (χ3n) is 1.58. The van der Waals surface area contributed by atoms with Crippen LogP contribution in [-0.2, 0) is 14.0 Å². The zero-order valence-corrected chi connectivity index (χ0v) is 7.59. The number of rotatable bonds is 3. The molecule has 0 aliphatic heterocycles. The third-order valence-corrected chi connectivity index (χ3v) is 1.90. The number of hydrogen-bond donors (Lipinski definition) is 2. The van der Waals surface area contributed by atoms with Gasteiger partial charge in [0.1, 0.15) is 0 Å². The lowest BCUT2D eigenvalue weighted by atomic mass is 10.2. The van der Waals surface area contributed by atoms with Crippen molar-refractivity contribution in [3.63, 3.8) is 0 Å². The molecule has 0 saturated heterocycles. The molecule has 0 spiro atoms. The fraction of sp³-hybridized carbons (Fsp3) is 0.500. The summed E-state index contributed by atoms with van der Waals surface area (Å²) in [5, 5.41) is 0. The molecule has 0 fully saturated rings. The maximum atomic E-state index is 11.9. The van der Waals surface area contributed by atoms with Crippen LogP contribution in [0.2, 0.25) is 0 Å². The summed E-state index contributed by atoms with van der Waals surface area (Å²) in [4.78, 5) is 19.0. The molecule has 5 nitrogen and oxygen atoms in total. The van der Waals surface area contributed by atoms with E-state index in [0.29, 0.717) is 12.0 Å². The Kier molecular flexibility index (Phi) is 3.19. The van der Waals surface area contributed by atoms with Crippen molar-refractivity contribution in [1.82, 2.24) is 5.48 Å². The predicted octanol–water partition coefficient (Wildman–Crippen LogP) is 1.21. The predicted molar refractivity (Wildman–Crippen MR) is 42.1 cm³/mol. The highest BCUT2D eigenvalue weighted by Crippen LogP contribution is 2.41. The summed E-state index contributed by atoms with van der Waals surface area (Å²) in [5.74, 6) is -0.663. The average Bonchev–Trinajstić information content (AvgIpc) is 2.50. The summed E-state index contributed by atoms with van der Waals surface area (Å²) in [6.45, 7) is 0. The molecular weight excluding hydrogens is 200 g/mol. The largest absolute Gasteiger partial charge is 0.532 e. The number of carbonyl (C=O) groups is 1. The smallest absolute Gasteiger partial charge is 0.298 e. The summed E-state index contributed by atoms with van der Waals surface area (Å²) in [6, 6.07) is 0. The second-order valence-electron chi connectivity index (χ2n) is 2.60. The van der Waals surface area contributed by atoms with Crippen LogP contribution < -0.4 is 5.48 Å². The lowest BCUT2D eigenvalue weighted by Crippen LogP contribution is -2.22. The zero-order valence-electron chi connectivity index (χ0n) is 6.70. The summed E-state index contributed by atoms with van der Waals surface area (Å²) >= 11 is 0. The molecule has 0 radical (unpaired) electrons. The fourth-order valence-corrected chi connectivity index (χ4v) is 1.24. The van der Waals surface area contributed by atoms with E-state index in [4.69, 9.17) is 4.89 Å². The minimum atomic E-state index is -5.12. The normalized spacial score (nSPS) is 20.6. The first kappa shape index (κ1) is 10.4. The van der Waals surface area contributed by atoms with E-state index < -0.39 is 13.8 Å². The second kappa shape index (κ2) is 4.00. The molecule has 0 saturated carbocycles. The number of nitrogens with one attached hydrogen (secondary N) is 1. The van der Waals surface area contributed by atoms with Crippen molar-refractivity contribution in [3.05, 3.63) is 11.6 Å². The number of carbonyl (C=O) groups excluding carboxylic acids is 1.